The van der Waals surface area contributed by atoms with E-state index >= 15 is 0 Å². The summed E-state index contributed by atoms with van der Waals surface area (Å²) in [6.45, 7) is 0.177. The number of likely N-dealkylation sites (N-methyl/N-ethyl adjacent to an activating group) is 1. The van der Waals surface area contributed by atoms with Crippen LogP contribution in [0.5, 0.6) is 11.5 Å². The predicted molar refractivity (Wildman–Crippen MR) is 155 cm³/mol. The Hall–Kier alpha value is -4.72. The van der Waals surface area contributed by atoms with Crippen molar-refractivity contribution in [2.24, 2.45) is 17.6 Å². The number of Topliss-reactive ketones (excluding diaryl/α,β-unsaturated/α-hetero) is 2. The zero-order valence-corrected chi connectivity index (χ0v) is 24.0. The van der Waals surface area contributed by atoms with Crippen LogP contribution in [0.4, 0.5) is 4.79 Å². The minimum atomic E-state index is -2.71. The van der Waals surface area contributed by atoms with E-state index in [0.717, 1.165) is 0 Å². The van der Waals surface area contributed by atoms with Crippen LogP contribution >= 0.6 is 0 Å². The van der Waals surface area contributed by atoms with Crippen molar-refractivity contribution in [2.75, 3.05) is 27.2 Å². The van der Waals surface area contributed by atoms with Crippen LogP contribution in [0.1, 0.15) is 28.8 Å². The molecule has 0 aromatic heterocycles. The molecule has 0 bridgehead atoms. The van der Waals surface area contributed by atoms with Crippen LogP contribution in [-0.2, 0) is 16.0 Å². The summed E-state index contributed by atoms with van der Waals surface area (Å²) in [6.07, 6.45) is -0.202. The van der Waals surface area contributed by atoms with Crippen LogP contribution < -0.4 is 15.8 Å². The number of fused-ring (bicyclic) bond motifs is 3. The van der Waals surface area contributed by atoms with Gasteiger partial charge < -0.3 is 41.3 Å². The Labute approximate surface area is 251 Å². The number of nitrogens with one attached hydrogen (secondary N) is 1. The fourth-order valence-corrected chi connectivity index (χ4v) is 6.64. The van der Waals surface area contributed by atoms with Crippen LogP contribution in [0.3, 0.4) is 0 Å². The van der Waals surface area contributed by atoms with Crippen LogP contribution in [-0.4, -0.2) is 92.9 Å². The highest BCUT2D eigenvalue weighted by Crippen LogP contribution is 2.53. The number of nitrogens with two attached hydrogens (primary N) is 1. The number of carbonyl (C=O) groups is 4. The molecule has 2 aromatic rings. The first-order chi connectivity index (χ1) is 20.8. The number of aromatic hydroxyl groups is 1. The van der Waals surface area contributed by atoms with Crippen molar-refractivity contribution in [3.63, 3.8) is 0 Å². The smallest absolute Gasteiger partial charge is 0.412 e. The van der Waals surface area contributed by atoms with E-state index in [2.05, 4.69) is 5.32 Å². The molecule has 44 heavy (non-hydrogen) atoms. The summed E-state index contributed by atoms with van der Waals surface area (Å²) in [7, 11) is 3.13. The number of primary amides is 1. The van der Waals surface area contributed by atoms with Crippen LogP contribution in [0.25, 0.3) is 11.1 Å². The number of carbonyl (C=O) groups excluding carboxylic acids is 4. The van der Waals surface area contributed by atoms with Crippen molar-refractivity contribution >= 4 is 23.6 Å². The molecule has 3 aliphatic rings. The van der Waals surface area contributed by atoms with E-state index in [-0.39, 0.29) is 48.6 Å². The van der Waals surface area contributed by atoms with Gasteiger partial charge in [-0.2, -0.15) is 0 Å². The summed E-state index contributed by atoms with van der Waals surface area (Å²) in [6, 6.07) is 8.33. The first kappa shape index (κ1) is 30.7. The number of amides is 2. The zero-order valence-electron chi connectivity index (χ0n) is 24.0. The second-order valence-electron chi connectivity index (χ2n) is 11.4. The monoisotopic (exact) mass is 607 g/mol. The maximum Gasteiger partial charge on any atom is 0.412 e. The molecule has 2 aromatic carbocycles. The van der Waals surface area contributed by atoms with E-state index in [1.807, 2.05) is 0 Å². The molecule has 0 fully saturated rings. The number of benzene rings is 2. The van der Waals surface area contributed by atoms with Crippen molar-refractivity contribution in [2.45, 2.75) is 30.9 Å². The standard InChI is InChI=1S/C31H33N3O10/c1-34(2)24-19-13-15-12-18-17(14-4-6-16(7-5-14)44-30(42)33-10-3-11-35)8-9-20(36)22(18)25(37)21(15)27(39)31(19,43)28(40)23(26(24)38)29(32)41/h4-9,15,19,24,35-36,38-39,43H,3,10-13H2,1-2H3,(H2,32,41)(H,33,42)/t15-,19-,24?,31+/m0/s1. The fourth-order valence-electron chi connectivity index (χ4n) is 6.64. The molecule has 2 amide bonds. The van der Waals surface area contributed by atoms with Crippen molar-refractivity contribution in [1.29, 1.82) is 0 Å². The molecule has 1 unspecified atom stereocenters. The second kappa shape index (κ2) is 11.4. The summed E-state index contributed by atoms with van der Waals surface area (Å²) in [5, 5.41) is 56.2. The number of ketones is 2. The van der Waals surface area contributed by atoms with E-state index in [1.54, 1.807) is 44.4 Å². The minimum Gasteiger partial charge on any atom is -0.510 e. The lowest BCUT2D eigenvalue weighted by molar-refractivity contribution is -0.148. The van der Waals surface area contributed by atoms with Gasteiger partial charge in [0.15, 0.2) is 11.4 Å². The van der Waals surface area contributed by atoms with Crippen LogP contribution in [0.15, 0.2) is 59.1 Å². The molecule has 0 radical (unpaired) electrons. The van der Waals surface area contributed by atoms with Gasteiger partial charge in [0.1, 0.15) is 28.6 Å². The lowest BCUT2D eigenvalue weighted by Gasteiger charge is -2.50. The molecule has 5 rings (SSSR count). The van der Waals surface area contributed by atoms with Gasteiger partial charge in [0.05, 0.1) is 11.6 Å². The lowest BCUT2D eigenvalue weighted by Crippen LogP contribution is -2.63. The molecule has 0 spiro atoms. The summed E-state index contributed by atoms with van der Waals surface area (Å²) in [5.41, 5.74) is 3.14. The number of phenolic OH excluding ortho intramolecular Hbond substituents is 1. The van der Waals surface area contributed by atoms with Gasteiger partial charge in [-0.05, 0) is 74.2 Å². The number of hydrogen-bond donors (Lipinski definition) is 7. The Morgan fingerprint density at radius 2 is 1.77 bits per heavy atom. The largest absolute Gasteiger partial charge is 0.510 e. The van der Waals surface area contributed by atoms with Gasteiger partial charge >= 0.3 is 6.09 Å². The average Bonchev–Trinajstić information content (AvgIpc) is 2.95. The summed E-state index contributed by atoms with van der Waals surface area (Å²) in [5.74, 6) is -6.89. The van der Waals surface area contributed by atoms with Gasteiger partial charge in [-0.15, -0.1) is 0 Å². The maximum atomic E-state index is 13.9. The third-order valence-electron chi connectivity index (χ3n) is 8.59. The zero-order chi connectivity index (χ0) is 32.1. The average molecular weight is 608 g/mol. The van der Waals surface area contributed by atoms with Crippen LogP contribution in [0, 0.1) is 11.8 Å². The van der Waals surface area contributed by atoms with E-state index < -0.39 is 64.1 Å². The molecule has 13 heteroatoms. The third kappa shape index (κ3) is 4.78. The van der Waals surface area contributed by atoms with Gasteiger partial charge in [0, 0.05) is 24.6 Å². The number of ether oxygens (including phenoxy) is 1. The number of aliphatic hydroxyl groups is 4. The Morgan fingerprint density at radius 1 is 1.09 bits per heavy atom. The third-order valence-corrected chi connectivity index (χ3v) is 8.59. The highest BCUT2D eigenvalue weighted by atomic mass is 16.6. The van der Waals surface area contributed by atoms with E-state index in [4.69, 9.17) is 15.6 Å². The Bertz CT molecular complexity index is 1630. The first-order valence-electron chi connectivity index (χ1n) is 14.0. The highest BCUT2D eigenvalue weighted by Gasteiger charge is 2.63. The lowest BCUT2D eigenvalue weighted by atomic mass is 9.58. The van der Waals surface area contributed by atoms with E-state index in [9.17, 15) is 39.6 Å². The minimum absolute atomic E-state index is 0.0287. The number of phenols is 1. The normalized spacial score (nSPS) is 24.5. The summed E-state index contributed by atoms with van der Waals surface area (Å²) < 4.78 is 5.24. The summed E-state index contributed by atoms with van der Waals surface area (Å²) >= 11 is 0. The topological polar surface area (TPSA) is 220 Å². The van der Waals surface area contributed by atoms with E-state index in [1.165, 1.54) is 11.0 Å². The second-order valence-corrected chi connectivity index (χ2v) is 11.4. The Balaban J connectivity index is 1.55. The first-order valence-corrected chi connectivity index (χ1v) is 14.0. The summed E-state index contributed by atoms with van der Waals surface area (Å²) in [4.78, 5) is 52.9. The SMILES string of the molecule is CN(C)C1C(O)=C(C(N)=O)C(=O)[C@]2(O)C(O)=C3C(=O)c4c(O)ccc(-c5ccc(OC(=O)NCCCO)cc5)c4C[C@H]3C[C@@H]12. The van der Waals surface area contributed by atoms with Crippen molar-refractivity contribution < 1.29 is 49.4 Å². The number of rotatable bonds is 7. The van der Waals surface area contributed by atoms with Gasteiger partial charge in [0.2, 0.25) is 5.78 Å². The molecule has 0 aliphatic heterocycles. The molecule has 0 saturated heterocycles. The predicted octanol–water partition coefficient (Wildman–Crippen LogP) is 1.26. The van der Waals surface area contributed by atoms with E-state index in [0.29, 0.717) is 23.1 Å². The van der Waals surface area contributed by atoms with Crippen LogP contribution in [0.2, 0.25) is 0 Å². The molecular weight excluding hydrogens is 574 g/mol. The van der Waals surface area contributed by atoms with Gasteiger partial charge in [-0.1, -0.05) is 18.2 Å². The molecular formula is C31H33N3O10. The molecule has 0 saturated carbocycles. The fraction of sp³-hybridized carbons (Fsp3) is 0.355. The Kier molecular flexibility index (Phi) is 7.97. The quantitative estimate of drug-likeness (QED) is 0.175. The molecule has 13 nitrogen and oxygen atoms in total. The van der Waals surface area contributed by atoms with Gasteiger partial charge in [-0.3, -0.25) is 19.3 Å². The van der Waals surface area contributed by atoms with Gasteiger partial charge in [0.25, 0.3) is 5.91 Å². The maximum absolute atomic E-state index is 13.9. The molecule has 0 heterocycles. The number of aliphatic hydroxyl groups excluding tert-OH is 3. The van der Waals surface area contributed by atoms with Crippen molar-refractivity contribution in [3.05, 3.63) is 70.2 Å². The molecule has 3 aliphatic carbocycles. The van der Waals surface area contributed by atoms with Crippen molar-refractivity contribution in [3.8, 4) is 22.6 Å². The highest BCUT2D eigenvalue weighted by molar-refractivity contribution is 6.24. The molecule has 8 N–H and O–H groups in total. The number of nitrogens with zero attached hydrogens (tertiary/aromatic N) is 1. The Morgan fingerprint density at radius 3 is 2.39 bits per heavy atom. The number of allylic oxidation sites excluding steroid dienone is 1. The number of hydrogen-bond acceptors (Lipinski definition) is 11. The molecule has 232 valence electrons. The van der Waals surface area contributed by atoms with Gasteiger partial charge in [-0.25, -0.2) is 4.79 Å². The molecule has 4 atom stereocenters. The van der Waals surface area contributed by atoms with Crippen molar-refractivity contribution in [1.82, 2.24) is 10.2 Å².